The van der Waals surface area contributed by atoms with Crippen LogP contribution in [0.4, 0.5) is 5.69 Å². The second-order valence-electron chi connectivity index (χ2n) is 15.4. The minimum Gasteiger partial charge on any atom is -0.507 e. The highest BCUT2D eigenvalue weighted by atomic mass is 16.7. The van der Waals surface area contributed by atoms with Crippen LogP contribution in [0, 0.1) is 30.6 Å². The number of nitrogens with one attached hydrogen (secondary N) is 1. The number of rotatable bonds is 4. The number of Topliss-reactive ketones (excluding diaryl/α,β-unsaturated/α-hetero) is 1. The molecule has 1 fully saturated rings. The molecule has 16 heteroatoms. The van der Waals surface area contributed by atoms with E-state index in [2.05, 4.69) is 10.4 Å². The number of amides is 1. The summed E-state index contributed by atoms with van der Waals surface area (Å²) in [7, 11) is 1.43. The van der Waals surface area contributed by atoms with Gasteiger partial charge in [-0.25, -0.2) is 0 Å². The summed E-state index contributed by atoms with van der Waals surface area (Å²) >= 11 is 0. The van der Waals surface area contributed by atoms with E-state index in [0.29, 0.717) is 26.3 Å². The van der Waals surface area contributed by atoms with Gasteiger partial charge in [0.15, 0.2) is 5.75 Å². The molecule has 4 heterocycles. The van der Waals surface area contributed by atoms with E-state index in [9.17, 15) is 39.9 Å². The zero-order valence-corrected chi connectivity index (χ0v) is 34.3. The van der Waals surface area contributed by atoms with Crippen LogP contribution >= 0.6 is 0 Å². The number of morpholine rings is 1. The number of anilines is 1. The third-order valence-corrected chi connectivity index (χ3v) is 11.4. The van der Waals surface area contributed by atoms with Gasteiger partial charge in [-0.15, -0.1) is 0 Å². The summed E-state index contributed by atoms with van der Waals surface area (Å²) < 4.78 is 29.0. The molecular formula is C42H55N3O13. The van der Waals surface area contributed by atoms with Crippen LogP contribution in [-0.4, -0.2) is 118 Å². The molecule has 6 N–H and O–H groups in total. The van der Waals surface area contributed by atoms with Crippen molar-refractivity contribution < 1.29 is 63.6 Å². The summed E-state index contributed by atoms with van der Waals surface area (Å²) in [5, 5.41) is 66.4. The van der Waals surface area contributed by atoms with E-state index >= 15 is 0 Å². The summed E-state index contributed by atoms with van der Waals surface area (Å²) in [5.74, 6) is -8.44. The molecule has 0 aromatic heterocycles. The number of hydrogen-bond donors (Lipinski definition) is 6. The van der Waals surface area contributed by atoms with Gasteiger partial charge in [0.1, 0.15) is 23.4 Å². The molecule has 9 unspecified atom stereocenters. The largest absolute Gasteiger partial charge is 0.507 e. The van der Waals surface area contributed by atoms with E-state index in [0.717, 1.165) is 0 Å². The SMILES string of the molecule is COC1C=COC2(C)Oc3c(C)c(O)c4c(O)c(c(/C=N/N5CCOCC5)c(O)c4c3C2=O)NC(=O)C(C)=CC=CC(C)C(O)C(C)C(O)C(C)C(OC(C)=O)C1C. The smallest absolute Gasteiger partial charge is 0.312 e. The van der Waals surface area contributed by atoms with Crippen molar-refractivity contribution >= 4 is 40.3 Å². The second-order valence-corrected chi connectivity index (χ2v) is 15.4. The predicted molar refractivity (Wildman–Crippen MR) is 214 cm³/mol. The number of ether oxygens (including phenoxy) is 5. The molecule has 9 atom stereocenters. The number of methoxy groups -OCH3 is 1. The third kappa shape index (κ3) is 8.51. The quantitative estimate of drug-likeness (QED) is 0.109. The van der Waals surface area contributed by atoms with Crippen LogP contribution < -0.4 is 10.1 Å². The Labute approximate surface area is 337 Å². The average Bonchev–Trinajstić information content (AvgIpc) is 3.46. The van der Waals surface area contributed by atoms with E-state index in [1.165, 1.54) is 59.4 Å². The van der Waals surface area contributed by atoms with Crippen molar-refractivity contribution in [3.05, 3.63) is 52.8 Å². The topological polar surface area (TPSA) is 226 Å². The van der Waals surface area contributed by atoms with Crippen molar-refractivity contribution in [1.82, 2.24) is 5.01 Å². The molecule has 5 bridgehead atoms. The maximum absolute atomic E-state index is 14.4. The lowest BCUT2D eigenvalue weighted by atomic mass is 9.78. The normalized spacial score (nSPS) is 30.1. The van der Waals surface area contributed by atoms with Crippen molar-refractivity contribution in [2.45, 2.75) is 85.6 Å². The van der Waals surface area contributed by atoms with Crippen molar-refractivity contribution in [1.29, 1.82) is 0 Å². The number of aromatic hydroxyl groups is 3. The number of benzene rings is 2. The number of hydrazone groups is 1. The van der Waals surface area contributed by atoms with Gasteiger partial charge in [0.25, 0.3) is 11.7 Å². The number of aliphatic hydroxyl groups excluding tert-OH is 2. The Morgan fingerprint density at radius 1 is 0.966 bits per heavy atom. The van der Waals surface area contributed by atoms with Gasteiger partial charge < -0.3 is 54.5 Å². The highest BCUT2D eigenvalue weighted by Crippen LogP contribution is 2.55. The van der Waals surface area contributed by atoms with Gasteiger partial charge in [0, 0.05) is 61.2 Å². The van der Waals surface area contributed by atoms with E-state index in [4.69, 9.17) is 23.7 Å². The number of esters is 1. The lowest BCUT2D eigenvalue weighted by Crippen LogP contribution is -2.46. The van der Waals surface area contributed by atoms with Crippen LogP contribution in [0.5, 0.6) is 23.0 Å². The first-order valence-electron chi connectivity index (χ1n) is 19.3. The Kier molecular flexibility index (Phi) is 13.5. The highest BCUT2D eigenvalue weighted by Gasteiger charge is 2.50. The summed E-state index contributed by atoms with van der Waals surface area (Å²) in [5.41, 5.74) is -0.426. The van der Waals surface area contributed by atoms with Crippen LogP contribution in [0.25, 0.3) is 10.8 Å². The molecule has 16 nitrogen and oxygen atoms in total. The van der Waals surface area contributed by atoms with Gasteiger partial charge in [-0.1, -0.05) is 45.9 Å². The van der Waals surface area contributed by atoms with E-state index in [1.807, 2.05) is 0 Å². The molecule has 2 aromatic rings. The van der Waals surface area contributed by atoms with Crippen LogP contribution in [-0.2, 0) is 28.5 Å². The predicted octanol–water partition coefficient (Wildman–Crippen LogP) is 4.42. The Morgan fingerprint density at radius 2 is 1.64 bits per heavy atom. The zero-order chi connectivity index (χ0) is 42.8. The molecule has 58 heavy (non-hydrogen) atoms. The summed E-state index contributed by atoms with van der Waals surface area (Å²) in [6.07, 6.45) is 4.76. The first kappa shape index (κ1) is 44.0. The number of aliphatic hydroxyl groups is 2. The number of phenolic OH excluding ortho intramolecular Hbond substituents is 3. The number of carbonyl (C=O) groups excluding carboxylic acids is 3. The molecule has 0 saturated carbocycles. The first-order chi connectivity index (χ1) is 27.3. The van der Waals surface area contributed by atoms with Crippen LogP contribution in [0.2, 0.25) is 0 Å². The molecule has 6 rings (SSSR count). The molecule has 2 aromatic carbocycles. The third-order valence-electron chi connectivity index (χ3n) is 11.4. The molecule has 4 aliphatic rings. The van der Waals surface area contributed by atoms with Crippen molar-refractivity contribution in [3.8, 4) is 23.0 Å². The molecule has 0 spiro atoms. The van der Waals surface area contributed by atoms with E-state index < -0.39 is 88.8 Å². The van der Waals surface area contributed by atoms with E-state index in [1.54, 1.807) is 44.9 Å². The molecular weight excluding hydrogens is 754 g/mol. The lowest BCUT2D eigenvalue weighted by Gasteiger charge is -2.38. The lowest BCUT2D eigenvalue weighted by molar-refractivity contribution is -0.160. The fraction of sp³-hybridized carbons (Fsp3) is 0.524. The van der Waals surface area contributed by atoms with Crippen molar-refractivity contribution in [3.63, 3.8) is 0 Å². The molecule has 4 aliphatic heterocycles. The first-order valence-corrected chi connectivity index (χ1v) is 19.3. The number of hydrogen-bond acceptors (Lipinski definition) is 15. The molecule has 0 radical (unpaired) electrons. The van der Waals surface area contributed by atoms with Gasteiger partial charge in [-0.3, -0.25) is 19.4 Å². The number of phenols is 3. The number of ketones is 1. The molecule has 316 valence electrons. The molecule has 0 aliphatic carbocycles. The number of carbonyl (C=O) groups is 3. The number of allylic oxidation sites excluding steroid dienone is 2. The van der Waals surface area contributed by atoms with Gasteiger partial charge in [-0.2, -0.15) is 5.10 Å². The van der Waals surface area contributed by atoms with Crippen molar-refractivity contribution in [2.75, 3.05) is 38.7 Å². The maximum atomic E-state index is 14.4. The van der Waals surface area contributed by atoms with Gasteiger partial charge in [-0.05, 0) is 19.9 Å². The summed E-state index contributed by atoms with van der Waals surface area (Å²) in [4.78, 5) is 40.4. The number of nitrogens with zero attached hydrogens (tertiary/aromatic N) is 2. The Hall–Kier alpha value is -5.16. The Balaban J connectivity index is 1.71. The van der Waals surface area contributed by atoms with Gasteiger partial charge >= 0.3 is 11.8 Å². The minimum atomic E-state index is -2.05. The fourth-order valence-electron chi connectivity index (χ4n) is 7.68. The van der Waals surface area contributed by atoms with Crippen LogP contribution in [0.1, 0.15) is 70.0 Å². The number of fused-ring (bicyclic) bond motifs is 14. The average molecular weight is 810 g/mol. The van der Waals surface area contributed by atoms with E-state index in [-0.39, 0.29) is 44.5 Å². The van der Waals surface area contributed by atoms with Crippen LogP contribution in [0.3, 0.4) is 0 Å². The Morgan fingerprint density at radius 3 is 2.28 bits per heavy atom. The fourth-order valence-corrected chi connectivity index (χ4v) is 7.68. The molecule has 1 saturated heterocycles. The maximum Gasteiger partial charge on any atom is 0.312 e. The minimum absolute atomic E-state index is 0.0475. The van der Waals surface area contributed by atoms with Crippen LogP contribution in [0.15, 0.2) is 41.2 Å². The summed E-state index contributed by atoms with van der Waals surface area (Å²) in [6, 6.07) is 0. The second kappa shape index (κ2) is 17.8. The summed E-state index contributed by atoms with van der Waals surface area (Å²) in [6.45, 7) is 14.1. The Bertz CT molecular complexity index is 2040. The standard InChI is InChI=1S/C42H55N3O13/c1-20-11-10-12-21(2)41(53)44-32-27(19-43-45-14-17-55-18-15-45)36(50)29-30(37(32)51)35(49)25(6)39-31(29)40(52)42(8,58-39)56-16-13-28(54-9)22(3)38(57-26(7)46)24(5)34(48)23(4)33(20)47/h10-13,16,19-20,22-24,28,33-34,38,47-51H,14-15,17-18H2,1-9H3,(H,44,53)/b11-10?,16-13?,21-12?,43-19+. The molecule has 1 amide bonds. The van der Waals surface area contributed by atoms with Gasteiger partial charge in [0.05, 0.1) is 79.3 Å². The monoisotopic (exact) mass is 809 g/mol. The van der Waals surface area contributed by atoms with Crippen molar-refractivity contribution in [2.24, 2.45) is 28.8 Å². The van der Waals surface area contributed by atoms with Gasteiger partial charge in [0.2, 0.25) is 0 Å². The zero-order valence-electron chi connectivity index (χ0n) is 34.3. The highest BCUT2D eigenvalue weighted by molar-refractivity contribution is 6.23.